The Morgan fingerprint density at radius 2 is 2.08 bits per heavy atom. The lowest BCUT2D eigenvalue weighted by Gasteiger charge is -2.03. The number of aliphatic carboxylic acids is 1. The molecule has 0 unspecified atom stereocenters. The Morgan fingerprint density at radius 3 is 2.54 bits per heavy atom. The number of carboxylic acids is 1. The quantitative estimate of drug-likeness (QED) is 0.637. The third-order valence-corrected chi connectivity index (χ3v) is 1.74. The van der Waals surface area contributed by atoms with E-state index in [0.29, 0.717) is 11.4 Å². The first-order chi connectivity index (χ1) is 6.00. The third-order valence-electron chi connectivity index (χ3n) is 1.74. The van der Waals surface area contributed by atoms with Gasteiger partial charge in [-0.2, -0.15) is 0 Å². The molecule has 0 atom stereocenters. The smallest absolute Gasteiger partial charge is 0.323 e. The number of hydrogen-bond acceptors (Lipinski definition) is 2. The minimum absolute atomic E-state index is 0.119. The Labute approximate surface area is 74.8 Å². The van der Waals surface area contributed by atoms with Gasteiger partial charge in [0.1, 0.15) is 0 Å². The fraction of sp³-hybridized carbons (Fsp3) is 0.500. The van der Waals surface area contributed by atoms with Crippen LogP contribution in [0.15, 0.2) is 4.79 Å². The number of rotatable bonds is 3. The molecule has 0 spiro atoms. The van der Waals surface area contributed by atoms with Gasteiger partial charge in [-0.05, 0) is 5.92 Å². The van der Waals surface area contributed by atoms with Crippen molar-refractivity contribution in [3.8, 4) is 0 Å². The van der Waals surface area contributed by atoms with Gasteiger partial charge in [0.15, 0.2) is 0 Å². The zero-order valence-electron chi connectivity index (χ0n) is 7.55. The summed E-state index contributed by atoms with van der Waals surface area (Å²) in [6.45, 7) is 3.79. The molecule has 5 nitrogen and oxygen atoms in total. The second kappa shape index (κ2) is 3.47. The molecule has 1 aromatic heterocycles. The summed E-state index contributed by atoms with van der Waals surface area (Å²) in [6, 6.07) is 0. The van der Waals surface area contributed by atoms with Crippen LogP contribution >= 0.6 is 0 Å². The summed E-state index contributed by atoms with van der Waals surface area (Å²) in [5, 5.41) is 8.55. The number of hydrogen-bond donors (Lipinski definition) is 3. The topological polar surface area (TPSA) is 86.0 Å². The average Bonchev–Trinajstić information content (AvgIpc) is 2.29. The fourth-order valence-electron chi connectivity index (χ4n) is 1.22. The maximum atomic E-state index is 10.9. The summed E-state index contributed by atoms with van der Waals surface area (Å²) in [4.78, 5) is 26.4. The first-order valence-electron chi connectivity index (χ1n) is 4.03. The number of imidazole rings is 1. The van der Waals surface area contributed by atoms with Crippen LogP contribution < -0.4 is 5.69 Å². The number of aromatic nitrogens is 2. The predicted octanol–water partition coefficient (Wildman–Crippen LogP) is 0.453. The SMILES string of the molecule is CC(C)c1[nH]c(=O)[nH]c1CC(=O)O. The van der Waals surface area contributed by atoms with E-state index in [-0.39, 0.29) is 18.0 Å². The van der Waals surface area contributed by atoms with Crippen molar-refractivity contribution < 1.29 is 9.90 Å². The van der Waals surface area contributed by atoms with E-state index in [4.69, 9.17) is 5.11 Å². The molecule has 0 saturated heterocycles. The molecular weight excluding hydrogens is 172 g/mol. The largest absolute Gasteiger partial charge is 0.481 e. The second-order valence-electron chi connectivity index (χ2n) is 3.20. The van der Waals surface area contributed by atoms with Crippen molar-refractivity contribution >= 4 is 5.97 Å². The number of H-pyrrole nitrogens is 2. The van der Waals surface area contributed by atoms with E-state index in [9.17, 15) is 9.59 Å². The van der Waals surface area contributed by atoms with E-state index < -0.39 is 5.97 Å². The molecule has 13 heavy (non-hydrogen) atoms. The highest BCUT2D eigenvalue weighted by molar-refractivity contribution is 5.69. The van der Waals surface area contributed by atoms with E-state index >= 15 is 0 Å². The Morgan fingerprint density at radius 1 is 1.46 bits per heavy atom. The van der Waals surface area contributed by atoms with Gasteiger partial charge in [-0.3, -0.25) is 4.79 Å². The summed E-state index contributed by atoms with van der Waals surface area (Å²) in [6.07, 6.45) is -0.147. The minimum atomic E-state index is -0.947. The van der Waals surface area contributed by atoms with E-state index in [1.807, 2.05) is 13.8 Å². The molecule has 0 fully saturated rings. The Hall–Kier alpha value is -1.52. The van der Waals surface area contributed by atoms with Gasteiger partial charge in [-0.1, -0.05) is 13.8 Å². The average molecular weight is 184 g/mol. The molecule has 1 aromatic rings. The molecule has 0 aliphatic heterocycles. The molecule has 0 saturated carbocycles. The zero-order valence-corrected chi connectivity index (χ0v) is 7.55. The minimum Gasteiger partial charge on any atom is -0.481 e. The van der Waals surface area contributed by atoms with Crippen LogP contribution in [0.25, 0.3) is 0 Å². The standard InChI is InChI=1S/C8H12N2O3/c1-4(2)7-5(3-6(11)12)9-8(13)10-7/h4H,3H2,1-2H3,(H,11,12)(H2,9,10,13). The fourth-order valence-corrected chi connectivity index (χ4v) is 1.22. The highest BCUT2D eigenvalue weighted by Crippen LogP contribution is 2.13. The molecule has 0 aromatic carbocycles. The van der Waals surface area contributed by atoms with Crippen LogP contribution in [0.3, 0.4) is 0 Å². The van der Waals surface area contributed by atoms with Crippen molar-refractivity contribution in [2.45, 2.75) is 26.2 Å². The zero-order chi connectivity index (χ0) is 10.0. The van der Waals surface area contributed by atoms with Crippen molar-refractivity contribution in [3.05, 3.63) is 21.9 Å². The van der Waals surface area contributed by atoms with Crippen LogP contribution in [-0.2, 0) is 11.2 Å². The van der Waals surface area contributed by atoms with Crippen LogP contribution in [0.4, 0.5) is 0 Å². The normalized spacial score (nSPS) is 10.7. The van der Waals surface area contributed by atoms with Crippen molar-refractivity contribution in [2.24, 2.45) is 0 Å². The molecule has 1 heterocycles. The molecule has 3 N–H and O–H groups in total. The number of aromatic amines is 2. The Kier molecular flexibility index (Phi) is 2.55. The lowest BCUT2D eigenvalue weighted by Crippen LogP contribution is -2.05. The summed E-state index contributed by atoms with van der Waals surface area (Å²) >= 11 is 0. The van der Waals surface area contributed by atoms with Crippen LogP contribution in [0.5, 0.6) is 0 Å². The number of nitrogens with one attached hydrogen (secondary N) is 2. The summed E-state index contributed by atoms with van der Waals surface area (Å²) in [7, 11) is 0. The predicted molar refractivity (Wildman–Crippen MR) is 46.8 cm³/mol. The molecule has 0 radical (unpaired) electrons. The molecule has 0 bridgehead atoms. The highest BCUT2D eigenvalue weighted by Gasteiger charge is 2.12. The van der Waals surface area contributed by atoms with E-state index in [1.54, 1.807) is 0 Å². The maximum Gasteiger partial charge on any atom is 0.323 e. The second-order valence-corrected chi connectivity index (χ2v) is 3.20. The third kappa shape index (κ3) is 2.21. The van der Waals surface area contributed by atoms with Gasteiger partial charge < -0.3 is 15.1 Å². The van der Waals surface area contributed by atoms with Crippen LogP contribution in [0.1, 0.15) is 31.2 Å². The Bertz CT molecular complexity index is 362. The molecule has 0 amide bonds. The van der Waals surface area contributed by atoms with Crippen molar-refractivity contribution in [1.29, 1.82) is 0 Å². The van der Waals surface area contributed by atoms with Crippen LogP contribution in [0, 0.1) is 0 Å². The van der Waals surface area contributed by atoms with Gasteiger partial charge in [-0.15, -0.1) is 0 Å². The van der Waals surface area contributed by atoms with Crippen molar-refractivity contribution in [3.63, 3.8) is 0 Å². The summed E-state index contributed by atoms with van der Waals surface area (Å²) < 4.78 is 0. The maximum absolute atomic E-state index is 10.9. The summed E-state index contributed by atoms with van der Waals surface area (Å²) in [5.41, 5.74) is 0.792. The molecule has 0 aliphatic carbocycles. The van der Waals surface area contributed by atoms with Gasteiger partial charge >= 0.3 is 11.7 Å². The van der Waals surface area contributed by atoms with Gasteiger partial charge in [0.05, 0.1) is 12.1 Å². The van der Waals surface area contributed by atoms with Crippen molar-refractivity contribution in [2.75, 3.05) is 0 Å². The molecular formula is C8H12N2O3. The van der Waals surface area contributed by atoms with E-state index in [2.05, 4.69) is 9.97 Å². The number of carbonyl (C=O) groups is 1. The Balaban J connectivity index is 3.04. The first kappa shape index (κ1) is 9.57. The first-order valence-corrected chi connectivity index (χ1v) is 4.03. The van der Waals surface area contributed by atoms with Crippen LogP contribution in [0.2, 0.25) is 0 Å². The molecule has 0 aliphatic rings. The monoisotopic (exact) mass is 184 g/mol. The number of carboxylic acid groups (broad SMARTS) is 1. The van der Waals surface area contributed by atoms with Gasteiger partial charge in [-0.25, -0.2) is 4.79 Å². The van der Waals surface area contributed by atoms with E-state index in [1.165, 1.54) is 0 Å². The summed E-state index contributed by atoms with van der Waals surface area (Å²) in [5.74, 6) is -0.828. The van der Waals surface area contributed by atoms with Gasteiger partial charge in [0.25, 0.3) is 0 Å². The van der Waals surface area contributed by atoms with E-state index in [0.717, 1.165) is 0 Å². The molecule has 72 valence electrons. The molecule has 5 heteroatoms. The van der Waals surface area contributed by atoms with Gasteiger partial charge in [0.2, 0.25) is 0 Å². The van der Waals surface area contributed by atoms with Crippen molar-refractivity contribution in [1.82, 2.24) is 9.97 Å². The lowest BCUT2D eigenvalue weighted by molar-refractivity contribution is -0.136. The lowest BCUT2D eigenvalue weighted by atomic mass is 10.1. The molecule has 1 rings (SSSR count). The highest BCUT2D eigenvalue weighted by atomic mass is 16.4. The van der Waals surface area contributed by atoms with Gasteiger partial charge in [0, 0.05) is 5.69 Å². The van der Waals surface area contributed by atoms with Crippen LogP contribution in [-0.4, -0.2) is 21.0 Å².